The highest BCUT2D eigenvalue weighted by molar-refractivity contribution is 6.30. The van der Waals surface area contributed by atoms with Crippen molar-refractivity contribution in [3.05, 3.63) is 74.3 Å². The number of hydrogen-bond donors (Lipinski definition) is 0. The van der Waals surface area contributed by atoms with Crippen molar-refractivity contribution >= 4 is 23.3 Å². The maximum atomic E-state index is 12.0. The zero-order chi connectivity index (χ0) is 15.4. The van der Waals surface area contributed by atoms with E-state index in [0.717, 1.165) is 5.56 Å². The van der Waals surface area contributed by atoms with Crippen molar-refractivity contribution < 1.29 is 14.5 Å². The molecule has 0 atom stereocenters. The fourth-order valence-corrected chi connectivity index (χ4v) is 2.00. The first kappa shape index (κ1) is 15.0. The number of aryl methyl sites for hydroxylation is 1. The summed E-state index contributed by atoms with van der Waals surface area (Å²) in [5.41, 5.74) is 0.900. The molecule has 108 valence electrons. The van der Waals surface area contributed by atoms with Crippen LogP contribution in [0.3, 0.4) is 0 Å². The highest BCUT2D eigenvalue weighted by Crippen LogP contribution is 2.24. The Balaban J connectivity index is 2.16. The summed E-state index contributed by atoms with van der Waals surface area (Å²) in [6, 6.07) is 11.4. The Labute approximate surface area is 126 Å². The number of nitrogens with zero attached hydrogens (tertiary/aromatic N) is 1. The van der Waals surface area contributed by atoms with Crippen molar-refractivity contribution in [2.75, 3.05) is 0 Å². The van der Waals surface area contributed by atoms with Crippen LogP contribution in [0.4, 0.5) is 5.69 Å². The highest BCUT2D eigenvalue weighted by atomic mass is 35.5. The molecule has 0 saturated carbocycles. The lowest BCUT2D eigenvalue weighted by molar-refractivity contribution is -0.385. The van der Waals surface area contributed by atoms with Gasteiger partial charge in [-0.1, -0.05) is 35.9 Å². The van der Waals surface area contributed by atoms with Crippen molar-refractivity contribution in [1.82, 2.24) is 0 Å². The number of hydrogen-bond acceptors (Lipinski definition) is 4. The van der Waals surface area contributed by atoms with Gasteiger partial charge < -0.3 is 4.74 Å². The molecule has 0 amide bonds. The summed E-state index contributed by atoms with van der Waals surface area (Å²) >= 11 is 5.76. The van der Waals surface area contributed by atoms with Crippen LogP contribution in [0.25, 0.3) is 0 Å². The largest absolute Gasteiger partial charge is 0.457 e. The second kappa shape index (κ2) is 6.37. The van der Waals surface area contributed by atoms with E-state index in [9.17, 15) is 14.9 Å². The minimum absolute atomic E-state index is 0.0289. The van der Waals surface area contributed by atoms with Crippen LogP contribution < -0.4 is 0 Å². The quantitative estimate of drug-likeness (QED) is 0.488. The fraction of sp³-hybridized carbons (Fsp3) is 0.133. The Bertz CT molecular complexity index is 683. The predicted molar refractivity (Wildman–Crippen MR) is 78.4 cm³/mol. The molecule has 2 aromatic rings. The number of ether oxygens (including phenoxy) is 1. The second-order valence-corrected chi connectivity index (χ2v) is 4.87. The van der Waals surface area contributed by atoms with Gasteiger partial charge in [-0.25, -0.2) is 4.79 Å². The highest BCUT2D eigenvalue weighted by Gasteiger charge is 2.23. The van der Waals surface area contributed by atoms with Crippen molar-refractivity contribution in [3.63, 3.8) is 0 Å². The SMILES string of the molecule is Cc1cccc(C(=O)OCc2ccc(Cl)cc2)c1[N+](=O)[O-]. The van der Waals surface area contributed by atoms with E-state index in [1.165, 1.54) is 6.07 Å². The van der Waals surface area contributed by atoms with Gasteiger partial charge in [0.2, 0.25) is 0 Å². The van der Waals surface area contributed by atoms with E-state index < -0.39 is 10.9 Å². The summed E-state index contributed by atoms with van der Waals surface area (Å²) in [6.45, 7) is 1.61. The van der Waals surface area contributed by atoms with Gasteiger partial charge in [0.05, 0.1) is 4.92 Å². The van der Waals surface area contributed by atoms with Crippen LogP contribution in [0, 0.1) is 17.0 Å². The summed E-state index contributed by atoms with van der Waals surface area (Å²) in [5.74, 6) is -0.722. The molecule has 5 nitrogen and oxygen atoms in total. The topological polar surface area (TPSA) is 69.4 Å². The molecule has 2 aromatic carbocycles. The molecule has 21 heavy (non-hydrogen) atoms. The van der Waals surface area contributed by atoms with Crippen molar-refractivity contribution in [2.24, 2.45) is 0 Å². The summed E-state index contributed by atoms with van der Waals surface area (Å²) in [7, 11) is 0. The van der Waals surface area contributed by atoms with Gasteiger partial charge in [-0.3, -0.25) is 10.1 Å². The van der Waals surface area contributed by atoms with Gasteiger partial charge in [0, 0.05) is 10.6 Å². The smallest absolute Gasteiger partial charge is 0.345 e. The molecule has 0 aliphatic rings. The molecule has 0 heterocycles. The zero-order valence-corrected chi connectivity index (χ0v) is 12.0. The molecule has 0 saturated heterocycles. The summed E-state index contributed by atoms with van der Waals surface area (Å²) in [6.07, 6.45) is 0. The normalized spacial score (nSPS) is 10.2. The molecule has 6 heteroatoms. The summed E-state index contributed by atoms with van der Waals surface area (Å²) in [4.78, 5) is 22.5. The number of esters is 1. The maximum absolute atomic E-state index is 12.0. The average Bonchev–Trinajstić information content (AvgIpc) is 2.45. The van der Waals surface area contributed by atoms with Crippen molar-refractivity contribution in [3.8, 4) is 0 Å². The van der Waals surface area contributed by atoms with E-state index in [4.69, 9.17) is 16.3 Å². The number of halogens is 1. The second-order valence-electron chi connectivity index (χ2n) is 4.43. The van der Waals surface area contributed by atoms with Crippen LogP contribution in [0.5, 0.6) is 0 Å². The first-order valence-corrected chi connectivity index (χ1v) is 6.52. The van der Waals surface area contributed by atoms with E-state index in [2.05, 4.69) is 0 Å². The van der Waals surface area contributed by atoms with Crippen LogP contribution in [0.15, 0.2) is 42.5 Å². The third-order valence-corrected chi connectivity index (χ3v) is 3.18. The predicted octanol–water partition coefficient (Wildman–Crippen LogP) is 3.91. The van der Waals surface area contributed by atoms with E-state index >= 15 is 0 Å². The molecule has 0 aromatic heterocycles. The van der Waals surface area contributed by atoms with E-state index in [0.29, 0.717) is 10.6 Å². The minimum atomic E-state index is -0.722. The molecule has 0 N–H and O–H groups in total. The van der Waals surface area contributed by atoms with Gasteiger partial charge in [-0.15, -0.1) is 0 Å². The van der Waals surface area contributed by atoms with Gasteiger partial charge in [-0.2, -0.15) is 0 Å². The lowest BCUT2D eigenvalue weighted by Crippen LogP contribution is -2.09. The van der Waals surface area contributed by atoms with Crippen molar-refractivity contribution in [1.29, 1.82) is 0 Å². The Morgan fingerprint density at radius 3 is 2.52 bits per heavy atom. The first-order chi connectivity index (χ1) is 9.99. The Morgan fingerprint density at radius 2 is 1.90 bits per heavy atom. The summed E-state index contributed by atoms with van der Waals surface area (Å²) < 4.78 is 5.11. The number of nitro groups is 1. The van der Waals surface area contributed by atoms with E-state index in [-0.39, 0.29) is 17.9 Å². The Morgan fingerprint density at radius 1 is 1.24 bits per heavy atom. The molecule has 0 fully saturated rings. The fourth-order valence-electron chi connectivity index (χ4n) is 1.87. The lowest BCUT2D eigenvalue weighted by Gasteiger charge is -2.07. The van der Waals surface area contributed by atoms with Gasteiger partial charge in [0.1, 0.15) is 12.2 Å². The molecule has 0 aliphatic heterocycles. The van der Waals surface area contributed by atoms with Crippen LogP contribution in [-0.2, 0) is 11.3 Å². The van der Waals surface area contributed by atoms with Crippen molar-refractivity contribution in [2.45, 2.75) is 13.5 Å². The molecule has 0 spiro atoms. The number of carbonyl (C=O) groups is 1. The standard InChI is InChI=1S/C15H12ClNO4/c1-10-3-2-4-13(14(10)17(19)20)15(18)21-9-11-5-7-12(16)8-6-11/h2-8H,9H2,1H3. The maximum Gasteiger partial charge on any atom is 0.345 e. The molecular formula is C15H12ClNO4. The summed E-state index contributed by atoms with van der Waals surface area (Å²) in [5, 5.41) is 11.6. The molecular weight excluding hydrogens is 294 g/mol. The third-order valence-electron chi connectivity index (χ3n) is 2.92. The van der Waals surface area contributed by atoms with Crippen LogP contribution >= 0.6 is 11.6 Å². The lowest BCUT2D eigenvalue weighted by atomic mass is 10.1. The van der Waals surface area contributed by atoms with Gasteiger partial charge in [-0.05, 0) is 30.7 Å². The number of benzene rings is 2. The molecule has 0 radical (unpaired) electrons. The third kappa shape index (κ3) is 3.58. The minimum Gasteiger partial charge on any atom is -0.457 e. The molecule has 0 bridgehead atoms. The number of carbonyl (C=O) groups excluding carboxylic acids is 1. The Hall–Kier alpha value is -2.40. The Kier molecular flexibility index (Phi) is 4.55. The van der Waals surface area contributed by atoms with Gasteiger partial charge in [0.15, 0.2) is 0 Å². The molecule has 0 unspecified atom stereocenters. The van der Waals surface area contributed by atoms with Gasteiger partial charge in [0.25, 0.3) is 5.69 Å². The van der Waals surface area contributed by atoms with Crippen LogP contribution in [-0.4, -0.2) is 10.9 Å². The average molecular weight is 306 g/mol. The number of nitro benzene ring substituents is 1. The monoisotopic (exact) mass is 305 g/mol. The molecule has 2 rings (SSSR count). The van der Waals surface area contributed by atoms with Gasteiger partial charge >= 0.3 is 5.97 Å². The van der Waals surface area contributed by atoms with Crippen LogP contribution in [0.2, 0.25) is 5.02 Å². The first-order valence-electron chi connectivity index (χ1n) is 6.14. The number of para-hydroxylation sites is 1. The van der Waals surface area contributed by atoms with E-state index in [1.54, 1.807) is 43.3 Å². The van der Waals surface area contributed by atoms with E-state index in [1.807, 2.05) is 0 Å². The number of rotatable bonds is 4. The van der Waals surface area contributed by atoms with Crippen LogP contribution in [0.1, 0.15) is 21.5 Å². The zero-order valence-electron chi connectivity index (χ0n) is 11.2. The molecule has 0 aliphatic carbocycles.